The van der Waals surface area contributed by atoms with Crippen LogP contribution in [0.3, 0.4) is 0 Å². The predicted octanol–water partition coefficient (Wildman–Crippen LogP) is 2.18. The van der Waals surface area contributed by atoms with Gasteiger partial charge in [-0.25, -0.2) is 4.79 Å². The lowest BCUT2D eigenvalue weighted by Crippen LogP contribution is -2.45. The molecule has 1 unspecified atom stereocenters. The molecule has 0 fully saturated rings. The molecular formula is C19H27N5O2. The van der Waals surface area contributed by atoms with Crippen LogP contribution in [0, 0.1) is 0 Å². The van der Waals surface area contributed by atoms with Gasteiger partial charge in [0.25, 0.3) is 0 Å². The number of hydrogen-bond donors (Lipinski definition) is 1. The Morgan fingerprint density at radius 1 is 1.38 bits per heavy atom. The van der Waals surface area contributed by atoms with Crippen LogP contribution in [0.1, 0.15) is 36.3 Å². The monoisotopic (exact) mass is 357 g/mol. The number of aromatic nitrogens is 3. The SMILES string of the molecule is COCCCn1cnnc1C(C)NC(=O)N(C)C1Cc2ccccc2C1. The molecule has 0 saturated heterocycles. The summed E-state index contributed by atoms with van der Waals surface area (Å²) in [4.78, 5) is 14.5. The van der Waals surface area contributed by atoms with E-state index in [2.05, 4.69) is 39.8 Å². The van der Waals surface area contributed by atoms with Crippen molar-refractivity contribution in [1.82, 2.24) is 25.0 Å². The lowest BCUT2D eigenvalue weighted by molar-refractivity contribution is 0.186. The maximum Gasteiger partial charge on any atom is 0.317 e. The highest BCUT2D eigenvalue weighted by atomic mass is 16.5. The Bertz CT molecular complexity index is 720. The average molecular weight is 357 g/mol. The molecule has 7 nitrogen and oxygen atoms in total. The first-order chi connectivity index (χ1) is 12.6. The summed E-state index contributed by atoms with van der Waals surface area (Å²) in [6.07, 6.45) is 4.39. The molecule has 1 aromatic heterocycles. The molecule has 0 aliphatic heterocycles. The summed E-state index contributed by atoms with van der Waals surface area (Å²) in [6.45, 7) is 3.39. The number of nitrogens with one attached hydrogen (secondary N) is 1. The number of urea groups is 1. The summed E-state index contributed by atoms with van der Waals surface area (Å²) < 4.78 is 7.06. The zero-order valence-corrected chi connectivity index (χ0v) is 15.7. The zero-order valence-electron chi connectivity index (χ0n) is 15.7. The van der Waals surface area contributed by atoms with E-state index < -0.39 is 0 Å². The van der Waals surface area contributed by atoms with Crippen molar-refractivity contribution in [3.05, 3.63) is 47.5 Å². The van der Waals surface area contributed by atoms with Crippen molar-refractivity contribution in [3.63, 3.8) is 0 Å². The number of amides is 2. The largest absolute Gasteiger partial charge is 0.385 e. The van der Waals surface area contributed by atoms with Crippen LogP contribution in [0.2, 0.25) is 0 Å². The summed E-state index contributed by atoms with van der Waals surface area (Å²) in [7, 11) is 3.55. The van der Waals surface area contributed by atoms with Gasteiger partial charge < -0.3 is 19.5 Å². The number of hydrogen-bond acceptors (Lipinski definition) is 4. The summed E-state index contributed by atoms with van der Waals surface area (Å²) in [5, 5.41) is 11.2. The number of ether oxygens (including phenoxy) is 1. The molecular weight excluding hydrogens is 330 g/mol. The molecule has 0 bridgehead atoms. The topological polar surface area (TPSA) is 72.3 Å². The van der Waals surface area contributed by atoms with Crippen LogP contribution in [0.5, 0.6) is 0 Å². The molecule has 2 amide bonds. The number of benzene rings is 1. The fourth-order valence-corrected chi connectivity index (χ4v) is 3.48. The molecule has 1 aliphatic carbocycles. The van der Waals surface area contributed by atoms with Crippen molar-refractivity contribution >= 4 is 6.03 Å². The highest BCUT2D eigenvalue weighted by Gasteiger charge is 2.28. The smallest absolute Gasteiger partial charge is 0.317 e. The fraction of sp³-hybridized carbons (Fsp3) is 0.526. The Kier molecular flexibility index (Phi) is 5.88. The maximum atomic E-state index is 12.7. The van der Waals surface area contributed by atoms with Gasteiger partial charge >= 0.3 is 6.03 Å². The van der Waals surface area contributed by atoms with E-state index in [1.807, 2.05) is 23.4 Å². The van der Waals surface area contributed by atoms with Crippen molar-refractivity contribution in [3.8, 4) is 0 Å². The van der Waals surface area contributed by atoms with E-state index in [0.717, 1.165) is 31.6 Å². The molecule has 140 valence electrons. The number of carbonyl (C=O) groups is 1. The van der Waals surface area contributed by atoms with Crippen LogP contribution in [-0.4, -0.2) is 52.5 Å². The van der Waals surface area contributed by atoms with E-state index in [-0.39, 0.29) is 18.1 Å². The number of rotatable bonds is 7. The molecule has 7 heteroatoms. The number of nitrogens with zero attached hydrogens (tertiary/aromatic N) is 4. The second kappa shape index (κ2) is 8.31. The molecule has 2 aromatic rings. The standard InChI is InChI=1S/C19H27N5O2/c1-14(18-22-20-13-24(18)9-6-10-26-3)21-19(25)23(2)17-11-15-7-4-5-8-16(15)12-17/h4-5,7-8,13-14,17H,6,9-12H2,1-3H3,(H,21,25). The first-order valence-corrected chi connectivity index (χ1v) is 9.07. The minimum atomic E-state index is -0.209. The fourth-order valence-electron chi connectivity index (χ4n) is 3.48. The van der Waals surface area contributed by atoms with Crippen molar-refractivity contribution in [2.75, 3.05) is 20.8 Å². The molecule has 3 rings (SSSR count). The predicted molar refractivity (Wildman–Crippen MR) is 98.9 cm³/mol. The Morgan fingerprint density at radius 2 is 2.08 bits per heavy atom. The van der Waals surface area contributed by atoms with Crippen LogP contribution in [0.4, 0.5) is 4.79 Å². The van der Waals surface area contributed by atoms with Crippen LogP contribution in [0.15, 0.2) is 30.6 Å². The second-order valence-electron chi connectivity index (χ2n) is 6.84. The van der Waals surface area contributed by atoms with Gasteiger partial charge in [0.05, 0.1) is 6.04 Å². The molecule has 0 spiro atoms. The minimum Gasteiger partial charge on any atom is -0.385 e. The molecule has 1 N–H and O–H groups in total. The van der Waals surface area contributed by atoms with Gasteiger partial charge in [-0.2, -0.15) is 0 Å². The van der Waals surface area contributed by atoms with Gasteiger partial charge in [0.1, 0.15) is 6.33 Å². The lowest BCUT2D eigenvalue weighted by atomic mass is 10.1. The number of methoxy groups -OCH3 is 1. The summed E-state index contributed by atoms with van der Waals surface area (Å²) >= 11 is 0. The number of likely N-dealkylation sites (N-methyl/N-ethyl adjacent to an activating group) is 1. The summed E-state index contributed by atoms with van der Waals surface area (Å²) in [5.41, 5.74) is 2.67. The van der Waals surface area contributed by atoms with Crippen LogP contribution in [0.25, 0.3) is 0 Å². The van der Waals surface area contributed by atoms with Crippen LogP contribution >= 0.6 is 0 Å². The van der Waals surface area contributed by atoms with Crippen LogP contribution < -0.4 is 5.32 Å². The Hall–Kier alpha value is -2.41. The van der Waals surface area contributed by atoms with E-state index in [9.17, 15) is 4.79 Å². The van der Waals surface area contributed by atoms with E-state index >= 15 is 0 Å². The van der Waals surface area contributed by atoms with Crippen molar-refractivity contribution in [1.29, 1.82) is 0 Å². The van der Waals surface area contributed by atoms with Crippen molar-refractivity contribution in [2.45, 2.75) is 44.8 Å². The second-order valence-corrected chi connectivity index (χ2v) is 6.84. The highest BCUT2D eigenvalue weighted by Crippen LogP contribution is 2.25. The number of carbonyl (C=O) groups excluding carboxylic acids is 1. The molecule has 0 saturated carbocycles. The normalized spacial score (nSPS) is 14.9. The average Bonchev–Trinajstić information content (AvgIpc) is 3.27. The molecule has 1 aromatic carbocycles. The minimum absolute atomic E-state index is 0.0817. The van der Waals surface area contributed by atoms with Gasteiger partial charge in [0, 0.05) is 33.4 Å². The van der Waals surface area contributed by atoms with Gasteiger partial charge in [-0.3, -0.25) is 0 Å². The quantitative estimate of drug-likeness (QED) is 0.771. The van der Waals surface area contributed by atoms with Gasteiger partial charge in [-0.15, -0.1) is 10.2 Å². The van der Waals surface area contributed by atoms with Crippen molar-refractivity contribution < 1.29 is 9.53 Å². The van der Waals surface area contributed by atoms with Gasteiger partial charge in [-0.05, 0) is 37.3 Å². The third-order valence-corrected chi connectivity index (χ3v) is 5.02. The molecule has 26 heavy (non-hydrogen) atoms. The maximum absolute atomic E-state index is 12.7. The first-order valence-electron chi connectivity index (χ1n) is 9.07. The van der Waals surface area contributed by atoms with Crippen molar-refractivity contribution in [2.24, 2.45) is 0 Å². The Morgan fingerprint density at radius 3 is 2.73 bits per heavy atom. The van der Waals surface area contributed by atoms with Gasteiger partial charge in [0.15, 0.2) is 5.82 Å². The van der Waals surface area contributed by atoms with Gasteiger partial charge in [-0.1, -0.05) is 24.3 Å². The molecule has 1 aliphatic rings. The van der Waals surface area contributed by atoms with E-state index in [4.69, 9.17) is 4.74 Å². The number of fused-ring (bicyclic) bond motifs is 1. The van der Waals surface area contributed by atoms with Gasteiger partial charge in [0.2, 0.25) is 0 Å². The Balaban J connectivity index is 1.57. The first kappa shape index (κ1) is 18.4. The molecule has 1 heterocycles. The molecule has 1 atom stereocenters. The van der Waals surface area contributed by atoms with Crippen LogP contribution in [-0.2, 0) is 24.1 Å². The van der Waals surface area contributed by atoms with E-state index in [1.165, 1.54) is 11.1 Å². The lowest BCUT2D eigenvalue weighted by Gasteiger charge is -2.26. The summed E-state index contributed by atoms with van der Waals surface area (Å²) in [6, 6.07) is 8.30. The number of aryl methyl sites for hydroxylation is 1. The van der Waals surface area contributed by atoms with E-state index in [0.29, 0.717) is 6.61 Å². The highest BCUT2D eigenvalue weighted by molar-refractivity contribution is 5.75. The molecule has 0 radical (unpaired) electrons. The van der Waals surface area contributed by atoms with E-state index in [1.54, 1.807) is 13.4 Å². The Labute approximate surface area is 154 Å². The zero-order chi connectivity index (χ0) is 18.5. The third kappa shape index (κ3) is 4.04. The third-order valence-electron chi connectivity index (χ3n) is 5.02. The summed E-state index contributed by atoms with van der Waals surface area (Å²) in [5.74, 6) is 0.762.